The number of anilines is 1. The van der Waals surface area contributed by atoms with Crippen LogP contribution in [-0.2, 0) is 4.74 Å². The number of thiophene rings is 1. The third-order valence-electron chi connectivity index (χ3n) is 4.10. The Balaban J connectivity index is 1.99. The van der Waals surface area contributed by atoms with Crippen LogP contribution in [0.15, 0.2) is 24.5 Å². The van der Waals surface area contributed by atoms with E-state index in [9.17, 15) is 18.8 Å². The number of amides is 2. The highest BCUT2D eigenvalue weighted by Crippen LogP contribution is 2.34. The Labute approximate surface area is 169 Å². The maximum atomic E-state index is 13.4. The van der Waals surface area contributed by atoms with Gasteiger partial charge < -0.3 is 19.4 Å². The zero-order valence-electron chi connectivity index (χ0n) is 16.3. The molecule has 152 valence electrons. The van der Waals surface area contributed by atoms with Crippen molar-refractivity contribution in [2.75, 3.05) is 26.0 Å². The minimum atomic E-state index is -0.633. The third-order valence-corrected chi connectivity index (χ3v) is 5.30. The van der Waals surface area contributed by atoms with Crippen LogP contribution in [0, 0.1) is 12.7 Å². The summed E-state index contributed by atoms with van der Waals surface area (Å²) in [7, 11) is 3.19. The van der Waals surface area contributed by atoms with Crippen molar-refractivity contribution in [2.45, 2.75) is 13.8 Å². The lowest BCUT2D eigenvalue weighted by Gasteiger charge is -2.09. The SMILES string of the molecule is CCOC(=O)c1c(NC(=O)c2cn3cc(F)ccc3n2)sc(C(=O)N(C)C)c1C. The lowest BCUT2D eigenvalue weighted by Crippen LogP contribution is -2.21. The summed E-state index contributed by atoms with van der Waals surface area (Å²) in [5, 5.41) is 2.83. The van der Waals surface area contributed by atoms with Crippen molar-refractivity contribution in [3.05, 3.63) is 52.0 Å². The number of nitrogens with zero attached hydrogens (tertiary/aromatic N) is 3. The number of hydrogen-bond acceptors (Lipinski definition) is 6. The Kier molecular flexibility index (Phi) is 5.64. The molecule has 0 saturated heterocycles. The number of fused-ring (bicyclic) bond motifs is 1. The van der Waals surface area contributed by atoms with Gasteiger partial charge in [-0.05, 0) is 31.5 Å². The molecule has 8 nitrogen and oxygen atoms in total. The summed E-state index contributed by atoms with van der Waals surface area (Å²) in [6, 6.07) is 2.68. The first kappa shape index (κ1) is 20.5. The second-order valence-electron chi connectivity index (χ2n) is 6.37. The third kappa shape index (κ3) is 3.97. The number of aromatic nitrogens is 2. The van der Waals surface area contributed by atoms with E-state index in [1.165, 1.54) is 33.8 Å². The van der Waals surface area contributed by atoms with Crippen LogP contribution in [-0.4, -0.2) is 52.8 Å². The molecule has 3 aromatic rings. The van der Waals surface area contributed by atoms with Gasteiger partial charge >= 0.3 is 5.97 Å². The van der Waals surface area contributed by atoms with Crippen LogP contribution in [0.3, 0.4) is 0 Å². The molecule has 10 heteroatoms. The smallest absolute Gasteiger partial charge is 0.341 e. The topological polar surface area (TPSA) is 93.0 Å². The zero-order valence-corrected chi connectivity index (χ0v) is 17.1. The number of hydrogen-bond donors (Lipinski definition) is 1. The maximum Gasteiger partial charge on any atom is 0.341 e. The van der Waals surface area contributed by atoms with Crippen molar-refractivity contribution in [3.8, 4) is 0 Å². The van der Waals surface area contributed by atoms with E-state index in [1.54, 1.807) is 27.9 Å². The van der Waals surface area contributed by atoms with Gasteiger partial charge in [0.25, 0.3) is 11.8 Å². The number of halogens is 1. The molecule has 0 atom stereocenters. The maximum absolute atomic E-state index is 13.4. The Hall–Kier alpha value is -3.27. The first-order valence-corrected chi connectivity index (χ1v) is 9.52. The van der Waals surface area contributed by atoms with E-state index in [4.69, 9.17) is 4.74 Å². The molecule has 0 spiro atoms. The summed E-state index contributed by atoms with van der Waals surface area (Å²) in [5.74, 6) is -1.98. The van der Waals surface area contributed by atoms with E-state index in [0.717, 1.165) is 11.3 Å². The fourth-order valence-corrected chi connectivity index (χ4v) is 3.91. The van der Waals surface area contributed by atoms with Gasteiger partial charge in [0.2, 0.25) is 0 Å². The number of carbonyl (C=O) groups is 3. The summed E-state index contributed by atoms with van der Waals surface area (Å²) in [6.45, 7) is 3.44. The second kappa shape index (κ2) is 8.00. The van der Waals surface area contributed by atoms with Crippen molar-refractivity contribution in [3.63, 3.8) is 0 Å². The summed E-state index contributed by atoms with van der Waals surface area (Å²) in [4.78, 5) is 43.4. The van der Waals surface area contributed by atoms with Crippen molar-refractivity contribution in [1.29, 1.82) is 0 Å². The molecule has 1 N–H and O–H groups in total. The Morgan fingerprint density at radius 3 is 2.66 bits per heavy atom. The van der Waals surface area contributed by atoms with E-state index in [2.05, 4.69) is 10.3 Å². The van der Waals surface area contributed by atoms with Crippen LogP contribution in [0.4, 0.5) is 9.39 Å². The molecular weight excluding hydrogens is 399 g/mol. The molecule has 0 aliphatic carbocycles. The molecule has 3 heterocycles. The van der Waals surface area contributed by atoms with Crippen LogP contribution in [0.2, 0.25) is 0 Å². The van der Waals surface area contributed by atoms with Gasteiger partial charge in [0.05, 0.1) is 17.0 Å². The fraction of sp³-hybridized carbons (Fsp3) is 0.263. The highest BCUT2D eigenvalue weighted by Gasteiger charge is 2.28. The van der Waals surface area contributed by atoms with Crippen molar-refractivity contribution in [2.24, 2.45) is 0 Å². The number of ether oxygens (including phenoxy) is 1. The minimum absolute atomic E-state index is 0.0388. The Morgan fingerprint density at radius 2 is 2.00 bits per heavy atom. The second-order valence-corrected chi connectivity index (χ2v) is 7.39. The number of rotatable bonds is 5. The summed E-state index contributed by atoms with van der Waals surface area (Å²) in [5.41, 5.74) is 0.995. The van der Waals surface area contributed by atoms with Crippen molar-refractivity contribution in [1.82, 2.24) is 14.3 Å². The summed E-state index contributed by atoms with van der Waals surface area (Å²) in [6.07, 6.45) is 2.58. The molecule has 0 saturated carbocycles. The van der Waals surface area contributed by atoms with Gasteiger partial charge in [-0.15, -0.1) is 11.3 Å². The molecular formula is C19H19FN4O4S. The molecule has 29 heavy (non-hydrogen) atoms. The van der Waals surface area contributed by atoms with Gasteiger partial charge in [0, 0.05) is 26.5 Å². The van der Waals surface area contributed by atoms with Crippen LogP contribution < -0.4 is 5.32 Å². The van der Waals surface area contributed by atoms with Crippen LogP contribution in [0.1, 0.15) is 43.0 Å². The molecule has 0 aromatic carbocycles. The first-order chi connectivity index (χ1) is 13.7. The number of carbonyl (C=O) groups excluding carboxylic acids is 3. The number of nitrogens with one attached hydrogen (secondary N) is 1. The van der Waals surface area contributed by atoms with E-state index < -0.39 is 17.7 Å². The monoisotopic (exact) mass is 418 g/mol. The molecule has 0 bridgehead atoms. The van der Waals surface area contributed by atoms with Crippen LogP contribution in [0.5, 0.6) is 0 Å². The van der Waals surface area contributed by atoms with E-state index in [0.29, 0.717) is 16.1 Å². The molecule has 0 fully saturated rings. The fourth-order valence-electron chi connectivity index (χ4n) is 2.70. The van der Waals surface area contributed by atoms with E-state index >= 15 is 0 Å². The molecule has 3 rings (SSSR count). The van der Waals surface area contributed by atoms with Crippen molar-refractivity contribution < 1.29 is 23.5 Å². The molecule has 0 radical (unpaired) electrons. The average molecular weight is 418 g/mol. The van der Waals surface area contributed by atoms with Gasteiger partial charge in [0.15, 0.2) is 0 Å². The molecule has 0 aliphatic rings. The van der Waals surface area contributed by atoms with Gasteiger partial charge in [0.1, 0.15) is 22.2 Å². The lowest BCUT2D eigenvalue weighted by molar-refractivity contribution is 0.0527. The molecule has 3 aromatic heterocycles. The standard InChI is InChI=1S/C19H19FN4O4S/c1-5-28-19(27)14-10(2)15(18(26)23(3)4)29-17(14)22-16(25)12-9-24-8-11(20)6-7-13(24)21-12/h6-9H,5H2,1-4H3,(H,22,25). The predicted molar refractivity (Wildman–Crippen MR) is 106 cm³/mol. The highest BCUT2D eigenvalue weighted by molar-refractivity contribution is 7.18. The van der Waals surface area contributed by atoms with Gasteiger partial charge in [-0.2, -0.15) is 0 Å². The predicted octanol–water partition coefficient (Wildman–Crippen LogP) is 2.97. The van der Waals surface area contributed by atoms with Gasteiger partial charge in [-0.3, -0.25) is 9.59 Å². The quantitative estimate of drug-likeness (QED) is 0.643. The molecule has 0 aliphatic heterocycles. The number of pyridine rings is 1. The highest BCUT2D eigenvalue weighted by atomic mass is 32.1. The number of imidazole rings is 1. The Bertz CT molecular complexity index is 1120. The van der Waals surface area contributed by atoms with Gasteiger partial charge in [-0.1, -0.05) is 0 Å². The lowest BCUT2D eigenvalue weighted by atomic mass is 10.1. The Morgan fingerprint density at radius 1 is 1.28 bits per heavy atom. The normalized spacial score (nSPS) is 10.8. The van der Waals surface area contributed by atoms with Crippen molar-refractivity contribution >= 4 is 39.8 Å². The summed E-state index contributed by atoms with van der Waals surface area (Å²) < 4.78 is 19.8. The first-order valence-electron chi connectivity index (χ1n) is 8.70. The minimum Gasteiger partial charge on any atom is -0.462 e. The van der Waals surface area contributed by atoms with Gasteiger partial charge in [-0.25, -0.2) is 14.2 Å². The average Bonchev–Trinajstić information content (AvgIpc) is 3.21. The van der Waals surface area contributed by atoms with Crippen LogP contribution in [0.25, 0.3) is 5.65 Å². The number of esters is 1. The molecule has 0 unspecified atom stereocenters. The van der Waals surface area contributed by atoms with E-state index in [1.807, 2.05) is 0 Å². The zero-order chi connectivity index (χ0) is 21.3. The largest absolute Gasteiger partial charge is 0.462 e. The van der Waals surface area contributed by atoms with Crippen LogP contribution >= 0.6 is 11.3 Å². The van der Waals surface area contributed by atoms with E-state index in [-0.39, 0.29) is 28.8 Å². The summed E-state index contributed by atoms with van der Waals surface area (Å²) >= 11 is 0.991. The molecule has 2 amide bonds.